The van der Waals surface area contributed by atoms with Gasteiger partial charge in [0.2, 0.25) is 0 Å². The zero-order chi connectivity index (χ0) is 11.4. The molecule has 1 fully saturated rings. The summed E-state index contributed by atoms with van der Waals surface area (Å²) in [6.45, 7) is 3.02. The minimum atomic E-state index is 0.630. The Morgan fingerprint density at radius 1 is 1.50 bits per heavy atom. The summed E-state index contributed by atoms with van der Waals surface area (Å²) >= 11 is 0. The molecule has 0 amide bonds. The lowest BCUT2D eigenvalue weighted by molar-refractivity contribution is 0.247. The first-order valence-electron chi connectivity index (χ1n) is 6.56. The third kappa shape index (κ3) is 2.64. The maximum absolute atomic E-state index is 5.55. The molecule has 2 atom stereocenters. The van der Waals surface area contributed by atoms with E-state index in [0.717, 1.165) is 12.3 Å². The molecule has 2 rings (SSSR count). The Bertz CT molecular complexity index is 319. The standard InChI is InChI=1S/C13H23N3/c1-2-11-4-3-5-13(8-11)16-10-12(6-7-14)9-15-16/h9-11,13H,2-8,14H2,1H3. The van der Waals surface area contributed by atoms with Crippen LogP contribution in [-0.2, 0) is 6.42 Å². The van der Waals surface area contributed by atoms with Crippen molar-refractivity contribution >= 4 is 0 Å². The van der Waals surface area contributed by atoms with Crippen LogP contribution >= 0.6 is 0 Å². The molecular weight excluding hydrogens is 198 g/mol. The molecule has 0 radical (unpaired) electrons. The predicted octanol–water partition coefficient (Wildman–Crippen LogP) is 2.53. The fraction of sp³-hybridized carbons (Fsp3) is 0.769. The normalized spacial score (nSPS) is 25.9. The second-order valence-electron chi connectivity index (χ2n) is 4.96. The van der Waals surface area contributed by atoms with Crippen molar-refractivity contribution < 1.29 is 0 Å². The first-order valence-corrected chi connectivity index (χ1v) is 6.56. The Hall–Kier alpha value is -0.830. The molecule has 2 N–H and O–H groups in total. The molecule has 1 aliphatic rings. The van der Waals surface area contributed by atoms with Gasteiger partial charge in [-0.05, 0) is 37.3 Å². The molecule has 1 aromatic rings. The van der Waals surface area contributed by atoms with Gasteiger partial charge in [0, 0.05) is 6.20 Å². The molecule has 1 saturated carbocycles. The van der Waals surface area contributed by atoms with Crippen molar-refractivity contribution in [2.75, 3.05) is 6.54 Å². The van der Waals surface area contributed by atoms with Crippen LogP contribution in [0.4, 0.5) is 0 Å². The number of hydrogen-bond acceptors (Lipinski definition) is 2. The second kappa shape index (κ2) is 5.48. The summed E-state index contributed by atoms with van der Waals surface area (Å²) in [6, 6.07) is 0.630. The van der Waals surface area contributed by atoms with Gasteiger partial charge in [0.15, 0.2) is 0 Å². The van der Waals surface area contributed by atoms with E-state index in [4.69, 9.17) is 5.73 Å². The van der Waals surface area contributed by atoms with Crippen LogP contribution in [0.5, 0.6) is 0 Å². The van der Waals surface area contributed by atoms with E-state index in [1.54, 1.807) is 0 Å². The SMILES string of the molecule is CCC1CCCC(n2cc(CCN)cn2)C1. The molecule has 0 spiro atoms. The van der Waals surface area contributed by atoms with Gasteiger partial charge in [0.1, 0.15) is 0 Å². The first kappa shape index (κ1) is 11.6. The minimum absolute atomic E-state index is 0.630. The summed E-state index contributed by atoms with van der Waals surface area (Å²) in [5.74, 6) is 0.904. The molecule has 3 nitrogen and oxygen atoms in total. The molecule has 3 heteroatoms. The van der Waals surface area contributed by atoms with Crippen LogP contribution < -0.4 is 5.73 Å². The van der Waals surface area contributed by atoms with Gasteiger partial charge >= 0.3 is 0 Å². The fourth-order valence-electron chi connectivity index (χ4n) is 2.75. The van der Waals surface area contributed by atoms with Gasteiger partial charge in [-0.1, -0.05) is 26.2 Å². The largest absolute Gasteiger partial charge is 0.330 e. The van der Waals surface area contributed by atoms with Gasteiger partial charge < -0.3 is 5.73 Å². The zero-order valence-electron chi connectivity index (χ0n) is 10.2. The van der Waals surface area contributed by atoms with E-state index in [9.17, 15) is 0 Å². The van der Waals surface area contributed by atoms with Crippen molar-refractivity contribution in [2.24, 2.45) is 11.7 Å². The third-order valence-corrected chi connectivity index (χ3v) is 3.79. The molecule has 0 aromatic carbocycles. The quantitative estimate of drug-likeness (QED) is 0.849. The van der Waals surface area contributed by atoms with Gasteiger partial charge in [0.25, 0.3) is 0 Å². The average Bonchev–Trinajstić information content (AvgIpc) is 2.78. The van der Waals surface area contributed by atoms with Crippen molar-refractivity contribution in [1.82, 2.24) is 9.78 Å². The highest BCUT2D eigenvalue weighted by atomic mass is 15.3. The summed E-state index contributed by atoms with van der Waals surface area (Å²) in [5, 5.41) is 4.49. The summed E-state index contributed by atoms with van der Waals surface area (Å²) in [6.07, 6.45) is 11.8. The summed E-state index contributed by atoms with van der Waals surface area (Å²) < 4.78 is 2.17. The maximum atomic E-state index is 5.55. The monoisotopic (exact) mass is 221 g/mol. The van der Waals surface area contributed by atoms with E-state index in [-0.39, 0.29) is 0 Å². The zero-order valence-corrected chi connectivity index (χ0v) is 10.2. The van der Waals surface area contributed by atoms with E-state index in [2.05, 4.69) is 22.9 Å². The molecule has 1 heterocycles. The summed E-state index contributed by atoms with van der Waals surface area (Å²) in [5.41, 5.74) is 6.83. The molecule has 2 unspecified atom stereocenters. The maximum Gasteiger partial charge on any atom is 0.0522 e. The Kier molecular flexibility index (Phi) is 3.99. The fourth-order valence-corrected chi connectivity index (χ4v) is 2.75. The van der Waals surface area contributed by atoms with Crippen LogP contribution in [0, 0.1) is 5.92 Å². The molecule has 90 valence electrons. The molecule has 0 aliphatic heterocycles. The van der Waals surface area contributed by atoms with Crippen molar-refractivity contribution in [3.05, 3.63) is 18.0 Å². The van der Waals surface area contributed by atoms with Crippen LogP contribution in [0.25, 0.3) is 0 Å². The lowest BCUT2D eigenvalue weighted by atomic mass is 9.84. The van der Waals surface area contributed by atoms with Crippen molar-refractivity contribution in [3.63, 3.8) is 0 Å². The van der Waals surface area contributed by atoms with Crippen LogP contribution in [0.2, 0.25) is 0 Å². The minimum Gasteiger partial charge on any atom is -0.330 e. The third-order valence-electron chi connectivity index (χ3n) is 3.79. The lowest BCUT2D eigenvalue weighted by Gasteiger charge is -2.28. The van der Waals surface area contributed by atoms with E-state index in [1.165, 1.54) is 37.7 Å². The van der Waals surface area contributed by atoms with Crippen LogP contribution in [0.3, 0.4) is 0 Å². The topological polar surface area (TPSA) is 43.8 Å². The molecule has 1 aromatic heterocycles. The molecule has 16 heavy (non-hydrogen) atoms. The smallest absolute Gasteiger partial charge is 0.0522 e. The van der Waals surface area contributed by atoms with E-state index >= 15 is 0 Å². The second-order valence-corrected chi connectivity index (χ2v) is 4.96. The van der Waals surface area contributed by atoms with Crippen molar-refractivity contribution in [3.8, 4) is 0 Å². The van der Waals surface area contributed by atoms with Crippen LogP contribution in [0.1, 0.15) is 50.6 Å². The van der Waals surface area contributed by atoms with E-state index < -0.39 is 0 Å². The molecule has 0 bridgehead atoms. The Balaban J connectivity index is 1.99. The molecule has 1 aliphatic carbocycles. The van der Waals surface area contributed by atoms with Crippen LogP contribution in [0.15, 0.2) is 12.4 Å². The van der Waals surface area contributed by atoms with Gasteiger partial charge in [-0.2, -0.15) is 5.10 Å². The van der Waals surface area contributed by atoms with E-state index in [1.807, 2.05) is 6.20 Å². The number of nitrogens with two attached hydrogens (primary N) is 1. The van der Waals surface area contributed by atoms with Gasteiger partial charge in [-0.3, -0.25) is 4.68 Å². The highest BCUT2D eigenvalue weighted by Crippen LogP contribution is 2.33. The van der Waals surface area contributed by atoms with Gasteiger partial charge in [0.05, 0.1) is 12.2 Å². The van der Waals surface area contributed by atoms with E-state index in [0.29, 0.717) is 12.6 Å². The lowest BCUT2D eigenvalue weighted by Crippen LogP contribution is -2.19. The van der Waals surface area contributed by atoms with Crippen molar-refractivity contribution in [1.29, 1.82) is 0 Å². The highest BCUT2D eigenvalue weighted by Gasteiger charge is 2.22. The Morgan fingerprint density at radius 3 is 3.12 bits per heavy atom. The van der Waals surface area contributed by atoms with Crippen molar-refractivity contribution in [2.45, 2.75) is 51.5 Å². The average molecular weight is 221 g/mol. The van der Waals surface area contributed by atoms with Gasteiger partial charge in [-0.25, -0.2) is 0 Å². The Morgan fingerprint density at radius 2 is 2.38 bits per heavy atom. The summed E-state index contributed by atoms with van der Waals surface area (Å²) in [4.78, 5) is 0. The van der Waals surface area contributed by atoms with Gasteiger partial charge in [-0.15, -0.1) is 0 Å². The first-order chi connectivity index (χ1) is 7.83. The number of hydrogen-bond donors (Lipinski definition) is 1. The molecular formula is C13H23N3. The molecule has 0 saturated heterocycles. The number of nitrogens with zero attached hydrogens (tertiary/aromatic N) is 2. The predicted molar refractivity (Wildman–Crippen MR) is 66.3 cm³/mol. The highest BCUT2D eigenvalue weighted by molar-refractivity contribution is 5.05. The number of aromatic nitrogens is 2. The number of rotatable bonds is 4. The Labute approximate surface area is 98.0 Å². The van der Waals surface area contributed by atoms with Crippen LogP contribution in [-0.4, -0.2) is 16.3 Å². The summed E-state index contributed by atoms with van der Waals surface area (Å²) in [7, 11) is 0.